The standard InChI is InChI=1S/C12H18N2O3S/c1-12(2,11(15)13-3)9-14-18(16,17)10-7-5-4-6-8-10/h4-8,14H,9H2,1-3H3,(H,13,15). The summed E-state index contributed by atoms with van der Waals surface area (Å²) in [5.41, 5.74) is -0.795. The van der Waals surface area contributed by atoms with Gasteiger partial charge >= 0.3 is 0 Å². The number of benzene rings is 1. The van der Waals surface area contributed by atoms with E-state index in [1.165, 1.54) is 19.2 Å². The largest absolute Gasteiger partial charge is 0.359 e. The molecular weight excluding hydrogens is 252 g/mol. The molecule has 0 heterocycles. The minimum Gasteiger partial charge on any atom is -0.359 e. The number of sulfonamides is 1. The van der Waals surface area contributed by atoms with E-state index >= 15 is 0 Å². The van der Waals surface area contributed by atoms with Crippen LogP contribution >= 0.6 is 0 Å². The SMILES string of the molecule is CNC(=O)C(C)(C)CNS(=O)(=O)c1ccccc1. The molecule has 0 unspecified atom stereocenters. The fourth-order valence-electron chi connectivity index (χ4n) is 1.38. The third-order valence-electron chi connectivity index (χ3n) is 2.60. The minimum atomic E-state index is -3.57. The molecule has 1 aromatic carbocycles. The summed E-state index contributed by atoms with van der Waals surface area (Å²) in [6.45, 7) is 3.41. The van der Waals surface area contributed by atoms with Gasteiger partial charge in [-0.15, -0.1) is 0 Å². The highest BCUT2D eigenvalue weighted by molar-refractivity contribution is 7.89. The Balaban J connectivity index is 2.78. The first kappa shape index (κ1) is 14.7. The first-order valence-corrected chi connectivity index (χ1v) is 7.05. The number of amides is 1. The molecule has 18 heavy (non-hydrogen) atoms. The summed E-state index contributed by atoms with van der Waals surface area (Å²) >= 11 is 0. The van der Waals surface area contributed by atoms with Gasteiger partial charge in [-0.1, -0.05) is 18.2 Å². The zero-order chi connectivity index (χ0) is 13.8. The van der Waals surface area contributed by atoms with E-state index in [0.29, 0.717) is 0 Å². The second-order valence-corrected chi connectivity index (χ2v) is 6.37. The molecule has 0 spiro atoms. The van der Waals surface area contributed by atoms with E-state index in [2.05, 4.69) is 10.0 Å². The van der Waals surface area contributed by atoms with Crippen molar-refractivity contribution >= 4 is 15.9 Å². The van der Waals surface area contributed by atoms with Gasteiger partial charge in [0.1, 0.15) is 0 Å². The van der Waals surface area contributed by atoms with Crippen LogP contribution in [0.1, 0.15) is 13.8 Å². The number of hydrogen-bond acceptors (Lipinski definition) is 3. The van der Waals surface area contributed by atoms with Crippen molar-refractivity contribution in [1.29, 1.82) is 0 Å². The monoisotopic (exact) mass is 270 g/mol. The Labute approximate surface area is 108 Å². The average Bonchev–Trinajstić information content (AvgIpc) is 2.36. The highest BCUT2D eigenvalue weighted by atomic mass is 32.2. The quantitative estimate of drug-likeness (QED) is 0.828. The second kappa shape index (κ2) is 5.49. The molecule has 0 fully saturated rings. The molecule has 0 aliphatic heterocycles. The molecule has 1 rings (SSSR count). The van der Waals surface area contributed by atoms with E-state index in [4.69, 9.17) is 0 Å². The lowest BCUT2D eigenvalue weighted by Crippen LogP contribution is -2.43. The van der Waals surface area contributed by atoms with Crippen LogP contribution in [-0.2, 0) is 14.8 Å². The number of nitrogens with one attached hydrogen (secondary N) is 2. The molecule has 100 valence electrons. The maximum atomic E-state index is 11.9. The van der Waals surface area contributed by atoms with Crippen molar-refractivity contribution in [2.24, 2.45) is 5.41 Å². The van der Waals surface area contributed by atoms with E-state index in [-0.39, 0.29) is 17.3 Å². The Hall–Kier alpha value is -1.40. The Morgan fingerprint density at radius 3 is 2.28 bits per heavy atom. The van der Waals surface area contributed by atoms with Crippen LogP contribution < -0.4 is 10.0 Å². The smallest absolute Gasteiger partial charge is 0.240 e. The lowest BCUT2D eigenvalue weighted by atomic mass is 9.93. The van der Waals surface area contributed by atoms with Crippen molar-refractivity contribution in [3.05, 3.63) is 30.3 Å². The topological polar surface area (TPSA) is 75.3 Å². The van der Waals surface area contributed by atoms with Gasteiger partial charge in [-0.05, 0) is 26.0 Å². The molecule has 2 N–H and O–H groups in total. The van der Waals surface area contributed by atoms with Crippen LogP contribution in [0.4, 0.5) is 0 Å². The van der Waals surface area contributed by atoms with Crippen molar-refractivity contribution in [2.75, 3.05) is 13.6 Å². The van der Waals surface area contributed by atoms with Crippen LogP contribution in [-0.4, -0.2) is 27.9 Å². The van der Waals surface area contributed by atoms with Crippen LogP contribution in [0.5, 0.6) is 0 Å². The normalized spacial score (nSPS) is 12.2. The molecular formula is C12H18N2O3S. The molecule has 0 aromatic heterocycles. The van der Waals surface area contributed by atoms with Crippen molar-refractivity contribution in [1.82, 2.24) is 10.0 Å². The van der Waals surface area contributed by atoms with Gasteiger partial charge in [0.05, 0.1) is 10.3 Å². The zero-order valence-corrected chi connectivity index (χ0v) is 11.5. The predicted octanol–water partition coefficient (Wildman–Crippen LogP) is 0.737. The lowest BCUT2D eigenvalue weighted by Gasteiger charge is -2.22. The highest BCUT2D eigenvalue weighted by Gasteiger charge is 2.28. The highest BCUT2D eigenvalue weighted by Crippen LogP contribution is 2.15. The van der Waals surface area contributed by atoms with Crippen LogP contribution in [0, 0.1) is 5.41 Å². The van der Waals surface area contributed by atoms with Gasteiger partial charge in [-0.3, -0.25) is 4.79 Å². The Kier molecular flexibility index (Phi) is 4.48. The van der Waals surface area contributed by atoms with Gasteiger partial charge in [-0.25, -0.2) is 13.1 Å². The summed E-state index contributed by atoms with van der Waals surface area (Å²) in [5, 5.41) is 2.51. The molecule has 0 radical (unpaired) electrons. The number of carbonyl (C=O) groups excluding carboxylic acids is 1. The number of hydrogen-bond donors (Lipinski definition) is 2. The van der Waals surface area contributed by atoms with Gasteiger partial charge in [0, 0.05) is 13.6 Å². The van der Waals surface area contributed by atoms with Crippen molar-refractivity contribution in [3.8, 4) is 0 Å². The summed E-state index contributed by atoms with van der Waals surface area (Å²) in [6.07, 6.45) is 0. The second-order valence-electron chi connectivity index (χ2n) is 4.60. The summed E-state index contributed by atoms with van der Waals surface area (Å²) in [6, 6.07) is 8.06. The van der Waals surface area contributed by atoms with E-state index in [1.54, 1.807) is 32.0 Å². The molecule has 1 aromatic rings. The molecule has 0 atom stereocenters. The lowest BCUT2D eigenvalue weighted by molar-refractivity contribution is -0.128. The maximum Gasteiger partial charge on any atom is 0.240 e. The molecule has 6 heteroatoms. The van der Waals surface area contributed by atoms with E-state index in [9.17, 15) is 13.2 Å². The van der Waals surface area contributed by atoms with Gasteiger partial charge in [0.15, 0.2) is 0 Å². The summed E-state index contributed by atoms with van der Waals surface area (Å²) in [5.74, 6) is -0.210. The fraction of sp³-hybridized carbons (Fsp3) is 0.417. The molecule has 0 saturated heterocycles. The van der Waals surface area contributed by atoms with Gasteiger partial charge < -0.3 is 5.32 Å². The summed E-state index contributed by atoms with van der Waals surface area (Å²) < 4.78 is 26.3. The minimum absolute atomic E-state index is 0.0455. The first-order valence-electron chi connectivity index (χ1n) is 5.56. The van der Waals surface area contributed by atoms with Gasteiger partial charge in [0.25, 0.3) is 0 Å². The molecule has 0 aliphatic rings. The molecule has 0 bridgehead atoms. The van der Waals surface area contributed by atoms with Crippen LogP contribution in [0.2, 0.25) is 0 Å². The van der Waals surface area contributed by atoms with Crippen molar-refractivity contribution in [2.45, 2.75) is 18.7 Å². The maximum absolute atomic E-state index is 11.9. The summed E-state index contributed by atoms with van der Waals surface area (Å²) in [4.78, 5) is 11.7. The Morgan fingerprint density at radius 2 is 1.78 bits per heavy atom. The predicted molar refractivity (Wildman–Crippen MR) is 69.5 cm³/mol. The number of carbonyl (C=O) groups is 1. The molecule has 5 nitrogen and oxygen atoms in total. The number of rotatable bonds is 5. The molecule has 0 saturated carbocycles. The van der Waals surface area contributed by atoms with Gasteiger partial charge in [-0.2, -0.15) is 0 Å². The molecule has 1 amide bonds. The molecule has 0 aliphatic carbocycles. The zero-order valence-electron chi connectivity index (χ0n) is 10.7. The van der Waals surface area contributed by atoms with Crippen molar-refractivity contribution in [3.63, 3.8) is 0 Å². The summed E-state index contributed by atoms with van der Waals surface area (Å²) in [7, 11) is -2.04. The Bertz CT molecular complexity index is 509. The van der Waals surface area contributed by atoms with E-state index < -0.39 is 15.4 Å². The van der Waals surface area contributed by atoms with E-state index in [0.717, 1.165) is 0 Å². The first-order chi connectivity index (χ1) is 8.29. The average molecular weight is 270 g/mol. The third kappa shape index (κ3) is 3.54. The van der Waals surface area contributed by atoms with Crippen molar-refractivity contribution < 1.29 is 13.2 Å². The fourth-order valence-corrected chi connectivity index (χ4v) is 2.61. The Morgan fingerprint density at radius 1 is 1.22 bits per heavy atom. The van der Waals surface area contributed by atoms with E-state index in [1.807, 2.05) is 0 Å². The van der Waals surface area contributed by atoms with Gasteiger partial charge in [0.2, 0.25) is 15.9 Å². The third-order valence-corrected chi connectivity index (χ3v) is 4.02. The van der Waals surface area contributed by atoms with Crippen LogP contribution in [0.25, 0.3) is 0 Å². The van der Waals surface area contributed by atoms with Crippen LogP contribution in [0.15, 0.2) is 35.2 Å². The van der Waals surface area contributed by atoms with Crippen LogP contribution in [0.3, 0.4) is 0 Å².